The molecule has 1 aliphatic carbocycles. The molecule has 7 nitrogen and oxygen atoms in total. The third-order valence-electron chi connectivity index (χ3n) is 8.30. The van der Waals surface area contributed by atoms with Gasteiger partial charge < -0.3 is 14.0 Å². The van der Waals surface area contributed by atoms with E-state index < -0.39 is 5.82 Å². The van der Waals surface area contributed by atoms with Gasteiger partial charge in [0.05, 0.1) is 29.8 Å². The van der Waals surface area contributed by atoms with Crippen molar-refractivity contribution in [3.05, 3.63) is 89.2 Å². The van der Waals surface area contributed by atoms with Crippen LogP contribution in [0, 0.1) is 39.7 Å². The van der Waals surface area contributed by atoms with Crippen LogP contribution in [0.1, 0.15) is 49.1 Å². The summed E-state index contributed by atoms with van der Waals surface area (Å²) in [6.07, 6.45) is 4.22. The van der Waals surface area contributed by atoms with Crippen molar-refractivity contribution < 1.29 is 18.3 Å². The largest absolute Gasteiger partial charge is 0.490 e. The fraction of sp³-hybridized carbons (Fsp3) is 0.364. The van der Waals surface area contributed by atoms with Crippen molar-refractivity contribution in [3.63, 3.8) is 0 Å². The average Bonchev–Trinajstić information content (AvgIpc) is 3.67. The number of halogens is 2. The van der Waals surface area contributed by atoms with Crippen molar-refractivity contribution in [2.75, 3.05) is 13.1 Å². The highest BCUT2D eigenvalue weighted by Gasteiger charge is 2.43. The van der Waals surface area contributed by atoms with E-state index in [1.54, 1.807) is 30.3 Å². The Bertz CT molecular complexity index is 1680. The summed E-state index contributed by atoms with van der Waals surface area (Å²) < 4.78 is 43.0. The highest BCUT2D eigenvalue weighted by atomic mass is 19.1. The third kappa shape index (κ3) is 6.07. The molecular formula is C33H31F2N5O2. The van der Waals surface area contributed by atoms with Crippen LogP contribution < -0.4 is 9.47 Å². The monoisotopic (exact) mass is 567 g/mol. The van der Waals surface area contributed by atoms with Gasteiger partial charge in [0.1, 0.15) is 41.4 Å². The summed E-state index contributed by atoms with van der Waals surface area (Å²) in [6.45, 7) is 2.97. The number of piperidine rings is 1. The number of rotatable bonds is 10. The minimum atomic E-state index is -0.469. The van der Waals surface area contributed by atoms with E-state index in [-0.39, 0.29) is 29.5 Å². The Morgan fingerprint density at radius 1 is 0.952 bits per heavy atom. The normalized spacial score (nSPS) is 16.6. The van der Waals surface area contributed by atoms with Crippen molar-refractivity contribution in [2.45, 2.75) is 57.9 Å². The Labute approximate surface area is 243 Å². The van der Waals surface area contributed by atoms with Crippen molar-refractivity contribution in [1.82, 2.24) is 14.5 Å². The number of para-hydroxylation sites is 1. The number of ether oxygens (including phenoxy) is 2. The van der Waals surface area contributed by atoms with Crippen LogP contribution in [0.3, 0.4) is 0 Å². The molecule has 2 aliphatic rings. The fourth-order valence-corrected chi connectivity index (χ4v) is 5.64. The van der Waals surface area contributed by atoms with Crippen LogP contribution in [0.4, 0.5) is 8.78 Å². The van der Waals surface area contributed by atoms with E-state index in [2.05, 4.69) is 15.5 Å². The zero-order valence-corrected chi connectivity index (χ0v) is 23.2. The molecule has 1 aromatic heterocycles. The minimum Gasteiger partial charge on any atom is -0.490 e. The van der Waals surface area contributed by atoms with Crippen molar-refractivity contribution in [2.24, 2.45) is 5.41 Å². The fourth-order valence-electron chi connectivity index (χ4n) is 5.64. The molecule has 3 aromatic carbocycles. The third-order valence-corrected chi connectivity index (χ3v) is 8.30. The maximum absolute atomic E-state index is 14.6. The van der Waals surface area contributed by atoms with E-state index in [4.69, 9.17) is 19.7 Å². The van der Waals surface area contributed by atoms with Gasteiger partial charge >= 0.3 is 0 Å². The molecule has 0 radical (unpaired) electrons. The molecule has 0 N–H and O–H groups in total. The van der Waals surface area contributed by atoms with Crippen molar-refractivity contribution >= 4 is 11.0 Å². The standard InChI is InChI=1S/C33H31F2N5O2/c34-28-5-2-6-30-32(28)38-31(40(30)22-33(11-12-33)13-14-36)20-39-15-9-25(10-16-39)42-27-4-1-3-26(18-27)41-21-24-8-7-23(19-37)17-29(24)35/h1-8,17-18,25H,9-13,15-16,20-22H2. The van der Waals surface area contributed by atoms with E-state index in [1.807, 2.05) is 24.3 Å². The van der Waals surface area contributed by atoms with Crippen LogP contribution >= 0.6 is 0 Å². The second-order valence-electron chi connectivity index (χ2n) is 11.3. The van der Waals surface area contributed by atoms with Gasteiger partial charge in [0.2, 0.25) is 0 Å². The lowest BCUT2D eigenvalue weighted by molar-refractivity contribution is 0.0943. The van der Waals surface area contributed by atoms with Gasteiger partial charge in [-0.25, -0.2) is 13.8 Å². The summed E-state index contributed by atoms with van der Waals surface area (Å²) in [6, 6.07) is 21.0. The number of imidazole rings is 1. The first-order chi connectivity index (χ1) is 20.4. The van der Waals surface area contributed by atoms with Gasteiger partial charge in [-0.1, -0.05) is 18.2 Å². The van der Waals surface area contributed by atoms with Crippen LogP contribution in [0.5, 0.6) is 11.5 Å². The smallest absolute Gasteiger partial charge is 0.151 e. The van der Waals surface area contributed by atoms with E-state index in [9.17, 15) is 14.0 Å². The highest BCUT2D eigenvalue weighted by molar-refractivity contribution is 5.76. The molecule has 214 valence electrons. The summed E-state index contributed by atoms with van der Waals surface area (Å²) in [5.41, 5.74) is 1.80. The quantitative estimate of drug-likeness (QED) is 0.217. The molecular weight excluding hydrogens is 536 g/mol. The maximum Gasteiger partial charge on any atom is 0.151 e. The molecule has 0 unspecified atom stereocenters. The van der Waals surface area contributed by atoms with Crippen molar-refractivity contribution in [1.29, 1.82) is 10.5 Å². The Morgan fingerprint density at radius 2 is 1.74 bits per heavy atom. The molecule has 1 saturated carbocycles. The number of hydrogen-bond donors (Lipinski definition) is 0. The first kappa shape index (κ1) is 27.7. The number of nitrogens with zero attached hydrogens (tertiary/aromatic N) is 5. The predicted molar refractivity (Wildman–Crippen MR) is 152 cm³/mol. The molecule has 0 bridgehead atoms. The summed E-state index contributed by atoms with van der Waals surface area (Å²) in [5, 5.41) is 18.2. The van der Waals surface area contributed by atoms with Gasteiger partial charge in [0.25, 0.3) is 0 Å². The van der Waals surface area contributed by atoms with Gasteiger partial charge in [0.15, 0.2) is 5.82 Å². The molecule has 0 spiro atoms. The number of fused-ring (bicyclic) bond motifs is 1. The van der Waals surface area contributed by atoms with Crippen molar-refractivity contribution in [3.8, 4) is 23.6 Å². The molecule has 42 heavy (non-hydrogen) atoms. The van der Waals surface area contributed by atoms with Gasteiger partial charge in [-0.2, -0.15) is 10.5 Å². The number of aromatic nitrogens is 2. The predicted octanol–water partition coefficient (Wildman–Crippen LogP) is 6.50. The lowest BCUT2D eigenvalue weighted by Gasteiger charge is -2.32. The first-order valence-corrected chi connectivity index (χ1v) is 14.3. The molecule has 1 saturated heterocycles. The van der Waals surface area contributed by atoms with Crippen LogP contribution in [0.25, 0.3) is 11.0 Å². The number of hydrogen-bond acceptors (Lipinski definition) is 6. The van der Waals surface area contributed by atoms with Crippen LogP contribution in [0.15, 0.2) is 60.7 Å². The second-order valence-corrected chi connectivity index (χ2v) is 11.3. The Kier molecular flexibility index (Phi) is 7.78. The molecule has 9 heteroatoms. The zero-order chi connectivity index (χ0) is 29.1. The number of benzene rings is 3. The zero-order valence-electron chi connectivity index (χ0n) is 23.2. The lowest BCUT2D eigenvalue weighted by Crippen LogP contribution is -2.38. The first-order valence-electron chi connectivity index (χ1n) is 14.3. The second kappa shape index (κ2) is 11.8. The van der Waals surface area contributed by atoms with Gasteiger partial charge in [-0.15, -0.1) is 0 Å². The van der Waals surface area contributed by atoms with Gasteiger partial charge in [-0.05, 0) is 62.1 Å². The summed E-state index contributed by atoms with van der Waals surface area (Å²) in [5.74, 6) is 1.31. The van der Waals surface area contributed by atoms with Crippen LogP contribution in [0.2, 0.25) is 0 Å². The molecule has 0 amide bonds. The van der Waals surface area contributed by atoms with Crippen LogP contribution in [-0.2, 0) is 19.7 Å². The summed E-state index contributed by atoms with van der Waals surface area (Å²) >= 11 is 0. The minimum absolute atomic E-state index is 0.0291. The van der Waals surface area contributed by atoms with Gasteiger partial charge in [-0.3, -0.25) is 4.90 Å². The molecule has 2 fully saturated rings. The van der Waals surface area contributed by atoms with Crippen LogP contribution in [-0.4, -0.2) is 33.6 Å². The summed E-state index contributed by atoms with van der Waals surface area (Å²) in [7, 11) is 0. The van der Waals surface area contributed by atoms with E-state index >= 15 is 0 Å². The Balaban J connectivity index is 1.06. The van der Waals surface area contributed by atoms with E-state index in [0.717, 1.165) is 50.1 Å². The Morgan fingerprint density at radius 3 is 2.48 bits per heavy atom. The molecule has 0 atom stereocenters. The molecule has 6 rings (SSSR count). The maximum atomic E-state index is 14.6. The average molecular weight is 568 g/mol. The SMILES string of the molecule is N#CCC1(Cn2c(CN3CCC(Oc4cccc(OCc5ccc(C#N)cc5F)c4)CC3)nc3c(F)cccc32)CC1. The topological polar surface area (TPSA) is 87.1 Å². The lowest BCUT2D eigenvalue weighted by atomic mass is 10.0. The molecule has 4 aromatic rings. The van der Waals surface area contributed by atoms with Gasteiger partial charge in [0, 0.05) is 43.1 Å². The molecule has 1 aliphatic heterocycles. The highest BCUT2D eigenvalue weighted by Crippen LogP contribution is 2.50. The number of likely N-dealkylation sites (tertiary alicyclic amines) is 1. The number of nitriles is 2. The summed E-state index contributed by atoms with van der Waals surface area (Å²) in [4.78, 5) is 7.03. The van der Waals surface area contributed by atoms with E-state index in [0.29, 0.717) is 42.1 Å². The molecule has 2 heterocycles. The Hall–Kier alpha value is -4.47. The van der Waals surface area contributed by atoms with E-state index in [1.165, 1.54) is 12.1 Å².